The Bertz CT molecular complexity index is 1890. The van der Waals surface area contributed by atoms with Crippen molar-refractivity contribution in [3.63, 3.8) is 0 Å². The lowest BCUT2D eigenvalue weighted by molar-refractivity contribution is 1.29. The van der Waals surface area contributed by atoms with Crippen molar-refractivity contribution in [3.8, 4) is 11.1 Å². The topological polar surface area (TPSA) is 19.0 Å². The lowest BCUT2D eigenvalue weighted by Crippen LogP contribution is -2.10. The maximum Gasteiger partial charge on any atom is 0.0610 e. The molecule has 6 aromatic carbocycles. The molecule has 0 amide bonds. The molecule has 0 aliphatic rings. The van der Waals surface area contributed by atoms with Crippen LogP contribution in [0.4, 0.5) is 17.1 Å². The highest BCUT2D eigenvalue weighted by molar-refractivity contribution is 9.10. The molecule has 0 aliphatic heterocycles. The Kier molecular flexibility index (Phi) is 5.30. The zero-order valence-electron chi connectivity index (χ0n) is 20.0. The Morgan fingerprint density at radius 2 is 1.16 bits per heavy atom. The number of rotatable bonds is 4. The van der Waals surface area contributed by atoms with E-state index in [0.29, 0.717) is 0 Å². The molecular formula is C34H23BrN2. The number of hydrogen-bond acceptors (Lipinski definition) is 1. The fourth-order valence-electron chi connectivity index (χ4n) is 5.22. The van der Waals surface area contributed by atoms with Crippen LogP contribution in [-0.2, 0) is 0 Å². The molecule has 1 aromatic heterocycles. The van der Waals surface area contributed by atoms with E-state index in [2.05, 4.69) is 159 Å². The van der Waals surface area contributed by atoms with Crippen LogP contribution in [0, 0.1) is 0 Å². The summed E-state index contributed by atoms with van der Waals surface area (Å²) in [7, 11) is 0. The Labute approximate surface area is 223 Å². The normalized spacial score (nSPS) is 11.4. The summed E-state index contributed by atoms with van der Waals surface area (Å²) in [5.41, 5.74) is 8.01. The summed E-state index contributed by atoms with van der Waals surface area (Å²) in [5.74, 6) is 0. The van der Waals surface area contributed by atoms with Crippen molar-refractivity contribution >= 4 is 65.6 Å². The van der Waals surface area contributed by atoms with Gasteiger partial charge >= 0.3 is 0 Å². The average molecular weight is 539 g/mol. The maximum absolute atomic E-state index is 3.86. The van der Waals surface area contributed by atoms with Gasteiger partial charge < -0.3 is 9.88 Å². The van der Waals surface area contributed by atoms with E-state index >= 15 is 0 Å². The van der Waals surface area contributed by atoms with Crippen molar-refractivity contribution in [1.29, 1.82) is 0 Å². The number of benzene rings is 6. The minimum atomic E-state index is 1.04. The summed E-state index contributed by atoms with van der Waals surface area (Å²) < 4.78 is 1.04. The summed E-state index contributed by atoms with van der Waals surface area (Å²) >= 11 is 3.86. The molecular weight excluding hydrogens is 516 g/mol. The highest BCUT2D eigenvalue weighted by atomic mass is 79.9. The third-order valence-corrected chi connectivity index (χ3v) is 7.66. The number of aromatic amines is 1. The van der Waals surface area contributed by atoms with Crippen molar-refractivity contribution in [3.05, 3.63) is 138 Å². The maximum atomic E-state index is 3.86. The van der Waals surface area contributed by atoms with Crippen LogP contribution >= 0.6 is 15.9 Å². The number of aromatic nitrogens is 1. The second kappa shape index (κ2) is 8.95. The third kappa shape index (κ3) is 3.89. The average Bonchev–Trinajstić information content (AvgIpc) is 3.33. The first-order valence-corrected chi connectivity index (χ1v) is 13.2. The van der Waals surface area contributed by atoms with E-state index in [4.69, 9.17) is 0 Å². The third-order valence-electron chi connectivity index (χ3n) is 7.03. The fraction of sp³-hybridized carbons (Fsp3) is 0. The molecule has 2 nitrogen and oxygen atoms in total. The van der Waals surface area contributed by atoms with E-state index in [0.717, 1.165) is 32.6 Å². The predicted molar refractivity (Wildman–Crippen MR) is 161 cm³/mol. The van der Waals surface area contributed by atoms with E-state index in [1.165, 1.54) is 32.7 Å². The van der Waals surface area contributed by atoms with Crippen molar-refractivity contribution in [2.45, 2.75) is 0 Å². The van der Waals surface area contributed by atoms with E-state index in [1.54, 1.807) is 0 Å². The van der Waals surface area contributed by atoms with Crippen LogP contribution in [-0.4, -0.2) is 4.98 Å². The van der Waals surface area contributed by atoms with Gasteiger partial charge in [0.2, 0.25) is 0 Å². The number of nitrogens with zero attached hydrogens (tertiary/aromatic N) is 1. The van der Waals surface area contributed by atoms with Gasteiger partial charge in [0, 0.05) is 37.8 Å². The van der Waals surface area contributed by atoms with Crippen molar-refractivity contribution in [1.82, 2.24) is 4.98 Å². The molecule has 0 bridgehead atoms. The molecule has 0 spiro atoms. The summed E-state index contributed by atoms with van der Waals surface area (Å²) in [6.07, 6.45) is 0. The second-order valence-corrected chi connectivity index (χ2v) is 10.2. The van der Waals surface area contributed by atoms with Crippen LogP contribution in [0.3, 0.4) is 0 Å². The molecule has 3 heteroatoms. The van der Waals surface area contributed by atoms with Crippen LogP contribution in [0.5, 0.6) is 0 Å². The van der Waals surface area contributed by atoms with Gasteiger partial charge in [0.25, 0.3) is 0 Å². The Morgan fingerprint density at radius 1 is 0.486 bits per heavy atom. The number of fused-ring (bicyclic) bond motifs is 4. The Hall–Kier alpha value is -4.34. The number of halogens is 1. The van der Waals surface area contributed by atoms with Gasteiger partial charge in [-0.3, -0.25) is 0 Å². The molecule has 0 unspecified atom stereocenters. The highest BCUT2D eigenvalue weighted by Crippen LogP contribution is 2.41. The number of para-hydroxylation sites is 1. The van der Waals surface area contributed by atoms with Crippen LogP contribution < -0.4 is 4.90 Å². The quantitative estimate of drug-likeness (QED) is 0.236. The molecule has 0 atom stereocenters. The lowest BCUT2D eigenvalue weighted by Gasteiger charge is -2.26. The molecule has 0 fully saturated rings. The van der Waals surface area contributed by atoms with E-state index in [9.17, 15) is 0 Å². The molecule has 0 aliphatic carbocycles. The van der Waals surface area contributed by atoms with E-state index < -0.39 is 0 Å². The van der Waals surface area contributed by atoms with Crippen molar-refractivity contribution in [2.75, 3.05) is 4.90 Å². The number of H-pyrrole nitrogens is 1. The van der Waals surface area contributed by atoms with Gasteiger partial charge in [-0.25, -0.2) is 0 Å². The van der Waals surface area contributed by atoms with Gasteiger partial charge in [0.05, 0.1) is 5.52 Å². The molecule has 1 N–H and O–H groups in total. The van der Waals surface area contributed by atoms with E-state index in [1.807, 2.05) is 0 Å². The predicted octanol–water partition coefficient (Wildman–Crippen LogP) is 10.4. The van der Waals surface area contributed by atoms with Crippen LogP contribution in [0.2, 0.25) is 0 Å². The molecule has 37 heavy (non-hydrogen) atoms. The standard InChI is InChI=1S/C34H23BrN2/c35-32-22-29(21-31-30-12-6-7-13-33(30)36-34(31)32)37(28-19-16-24-10-4-5-11-26(24)20-28)27-17-14-25(15-18-27)23-8-2-1-3-9-23/h1-22,36H. The van der Waals surface area contributed by atoms with Gasteiger partial charge in [-0.1, -0.05) is 91.0 Å². The highest BCUT2D eigenvalue weighted by Gasteiger charge is 2.17. The minimum Gasteiger partial charge on any atom is -0.354 e. The molecule has 7 rings (SSSR count). The number of nitrogens with one attached hydrogen (secondary N) is 1. The summed E-state index contributed by atoms with van der Waals surface area (Å²) in [6, 6.07) is 47.5. The van der Waals surface area contributed by atoms with Gasteiger partial charge in [-0.15, -0.1) is 0 Å². The van der Waals surface area contributed by atoms with E-state index in [-0.39, 0.29) is 0 Å². The second-order valence-electron chi connectivity index (χ2n) is 9.30. The van der Waals surface area contributed by atoms with Crippen LogP contribution in [0.1, 0.15) is 0 Å². The Balaban J connectivity index is 1.43. The molecule has 0 radical (unpaired) electrons. The molecule has 0 saturated carbocycles. The summed E-state index contributed by atoms with van der Waals surface area (Å²) in [6.45, 7) is 0. The number of anilines is 3. The van der Waals surface area contributed by atoms with Crippen molar-refractivity contribution < 1.29 is 0 Å². The zero-order chi connectivity index (χ0) is 24.8. The fourth-order valence-corrected chi connectivity index (χ4v) is 5.77. The molecule has 7 aromatic rings. The zero-order valence-corrected chi connectivity index (χ0v) is 21.6. The van der Waals surface area contributed by atoms with Crippen LogP contribution in [0.25, 0.3) is 43.7 Å². The first kappa shape index (κ1) is 21.9. The molecule has 176 valence electrons. The summed E-state index contributed by atoms with van der Waals surface area (Å²) in [5, 5.41) is 4.88. The van der Waals surface area contributed by atoms with Gasteiger partial charge in [0.1, 0.15) is 0 Å². The summed E-state index contributed by atoms with van der Waals surface area (Å²) in [4.78, 5) is 5.92. The lowest BCUT2D eigenvalue weighted by atomic mass is 10.0. The Morgan fingerprint density at radius 3 is 2.00 bits per heavy atom. The largest absolute Gasteiger partial charge is 0.354 e. The number of hydrogen-bond donors (Lipinski definition) is 1. The smallest absolute Gasteiger partial charge is 0.0610 e. The van der Waals surface area contributed by atoms with Gasteiger partial charge in [-0.05, 0) is 80.3 Å². The first-order valence-electron chi connectivity index (χ1n) is 12.4. The molecule has 0 saturated heterocycles. The molecule has 1 heterocycles. The SMILES string of the molecule is Brc1cc(N(c2ccc(-c3ccccc3)cc2)c2ccc3ccccc3c2)cc2c1[nH]c1ccccc12. The monoisotopic (exact) mass is 538 g/mol. The first-order chi connectivity index (χ1) is 18.2. The van der Waals surface area contributed by atoms with Gasteiger partial charge in [-0.2, -0.15) is 0 Å². The van der Waals surface area contributed by atoms with Gasteiger partial charge in [0.15, 0.2) is 0 Å². The minimum absolute atomic E-state index is 1.04. The van der Waals surface area contributed by atoms with Crippen LogP contribution in [0.15, 0.2) is 138 Å². The van der Waals surface area contributed by atoms with Crippen molar-refractivity contribution in [2.24, 2.45) is 0 Å².